The first-order valence-corrected chi connectivity index (χ1v) is 17.1. The van der Waals surface area contributed by atoms with Gasteiger partial charge in [0.15, 0.2) is 11.4 Å². The average molecular weight is 642 g/mol. The lowest BCUT2D eigenvalue weighted by molar-refractivity contribution is 0.667. The molecule has 0 amide bonds. The summed E-state index contributed by atoms with van der Waals surface area (Å²) in [5.41, 5.74) is 14.9. The fraction of sp³-hybridized carbons (Fsp3) is 0.0435. The molecule has 0 radical (unpaired) electrons. The van der Waals surface area contributed by atoms with E-state index in [9.17, 15) is 0 Å². The van der Waals surface area contributed by atoms with Crippen LogP contribution in [0.4, 0.5) is 11.4 Å². The molecule has 6 aromatic carbocycles. The molecule has 1 atom stereocenters. The number of nitrogens with zero attached hydrogens (tertiary/aromatic N) is 3. The summed E-state index contributed by atoms with van der Waals surface area (Å²) < 4.78 is 6.61. The van der Waals surface area contributed by atoms with Crippen molar-refractivity contribution in [2.45, 2.75) is 12.5 Å². The van der Waals surface area contributed by atoms with E-state index in [-0.39, 0.29) is 6.04 Å². The standard InChI is InChI=1S/C46H31N3O/c1-4-14-30(15-5-1)43-45-44(48-46(47-43)31-16-6-2-7-17-31)42-36(23-13-25-41(42)50-45)34-19-12-18-32(28-34)33-26-27-40-38(29-33)37-22-10-11-24-39(37)49(40)35-20-8-3-9-21-35/h1-26,28-29,40H,27H2. The first-order valence-electron chi connectivity index (χ1n) is 17.1. The molecule has 0 N–H and O–H groups in total. The molecule has 1 aliphatic heterocycles. The number of aromatic nitrogens is 2. The van der Waals surface area contributed by atoms with E-state index in [2.05, 4.69) is 132 Å². The molecular weight excluding hydrogens is 611 g/mol. The summed E-state index contributed by atoms with van der Waals surface area (Å²) in [7, 11) is 0. The Labute approximate surface area is 290 Å². The van der Waals surface area contributed by atoms with E-state index in [0.29, 0.717) is 11.4 Å². The largest absolute Gasteiger partial charge is 0.452 e. The van der Waals surface area contributed by atoms with Gasteiger partial charge in [-0.05, 0) is 70.7 Å². The van der Waals surface area contributed by atoms with Gasteiger partial charge in [-0.15, -0.1) is 0 Å². The van der Waals surface area contributed by atoms with Crippen LogP contribution in [0.25, 0.3) is 67.0 Å². The lowest BCUT2D eigenvalue weighted by Crippen LogP contribution is -2.27. The third-order valence-corrected chi connectivity index (χ3v) is 9.98. The van der Waals surface area contributed by atoms with Gasteiger partial charge in [0.2, 0.25) is 0 Å². The Morgan fingerprint density at radius 3 is 2.06 bits per heavy atom. The summed E-state index contributed by atoms with van der Waals surface area (Å²) >= 11 is 0. The molecule has 50 heavy (non-hydrogen) atoms. The van der Waals surface area contributed by atoms with Crippen LogP contribution in [0.3, 0.4) is 0 Å². The van der Waals surface area contributed by atoms with Crippen LogP contribution in [0.2, 0.25) is 0 Å². The number of hydrogen-bond acceptors (Lipinski definition) is 4. The van der Waals surface area contributed by atoms with Crippen LogP contribution in [-0.4, -0.2) is 16.0 Å². The number of anilines is 2. The van der Waals surface area contributed by atoms with Crippen LogP contribution < -0.4 is 4.90 Å². The second kappa shape index (κ2) is 11.6. The highest BCUT2D eigenvalue weighted by atomic mass is 16.3. The van der Waals surface area contributed by atoms with Gasteiger partial charge in [-0.3, -0.25) is 0 Å². The predicted molar refractivity (Wildman–Crippen MR) is 205 cm³/mol. The van der Waals surface area contributed by atoms with Crippen molar-refractivity contribution < 1.29 is 4.42 Å². The summed E-state index contributed by atoms with van der Waals surface area (Å²) in [5.74, 6) is 0.679. The Balaban J connectivity index is 1.10. The molecule has 1 aliphatic carbocycles. The Kier molecular flexibility index (Phi) is 6.59. The highest BCUT2D eigenvalue weighted by Gasteiger charge is 2.35. The molecule has 0 bridgehead atoms. The molecule has 2 aromatic heterocycles. The van der Waals surface area contributed by atoms with Crippen molar-refractivity contribution in [1.29, 1.82) is 0 Å². The lowest BCUT2D eigenvalue weighted by atomic mass is 9.88. The zero-order chi connectivity index (χ0) is 33.0. The molecule has 8 aromatic rings. The molecule has 1 unspecified atom stereocenters. The summed E-state index contributed by atoms with van der Waals surface area (Å²) in [6.45, 7) is 0. The molecular formula is C46H31N3O. The summed E-state index contributed by atoms with van der Waals surface area (Å²) in [6, 6.07) is 55.4. The van der Waals surface area contributed by atoms with Gasteiger partial charge in [0.25, 0.3) is 0 Å². The predicted octanol–water partition coefficient (Wildman–Crippen LogP) is 11.8. The minimum absolute atomic E-state index is 0.269. The van der Waals surface area contributed by atoms with Gasteiger partial charge in [-0.25, -0.2) is 9.97 Å². The Morgan fingerprint density at radius 1 is 0.580 bits per heavy atom. The van der Waals surface area contributed by atoms with E-state index in [1.54, 1.807) is 0 Å². The van der Waals surface area contributed by atoms with Crippen molar-refractivity contribution in [3.8, 4) is 33.8 Å². The van der Waals surface area contributed by atoms with Gasteiger partial charge in [0.1, 0.15) is 16.8 Å². The van der Waals surface area contributed by atoms with E-state index in [4.69, 9.17) is 14.4 Å². The third kappa shape index (κ3) is 4.61. The quantitative estimate of drug-likeness (QED) is 0.188. The van der Waals surface area contributed by atoms with Gasteiger partial charge in [0, 0.05) is 28.1 Å². The zero-order valence-corrected chi connectivity index (χ0v) is 27.2. The van der Waals surface area contributed by atoms with E-state index in [0.717, 1.165) is 50.9 Å². The van der Waals surface area contributed by atoms with Crippen LogP contribution >= 0.6 is 0 Å². The van der Waals surface area contributed by atoms with Crippen molar-refractivity contribution in [2.75, 3.05) is 4.90 Å². The first-order chi connectivity index (χ1) is 24.8. The average Bonchev–Trinajstić information content (AvgIpc) is 3.74. The molecule has 0 saturated heterocycles. The molecule has 2 aliphatic rings. The number of para-hydroxylation sites is 2. The molecule has 4 heteroatoms. The van der Waals surface area contributed by atoms with E-state index >= 15 is 0 Å². The minimum atomic E-state index is 0.269. The molecule has 0 saturated carbocycles. The summed E-state index contributed by atoms with van der Waals surface area (Å²) in [4.78, 5) is 12.7. The minimum Gasteiger partial charge on any atom is -0.452 e. The monoisotopic (exact) mass is 641 g/mol. The van der Waals surface area contributed by atoms with Gasteiger partial charge in [0.05, 0.1) is 11.4 Å². The molecule has 10 rings (SSSR count). The molecule has 236 valence electrons. The molecule has 3 heterocycles. The summed E-state index contributed by atoms with van der Waals surface area (Å²) in [5, 5.41) is 0.996. The van der Waals surface area contributed by atoms with E-state index in [1.807, 2.05) is 42.5 Å². The first kappa shape index (κ1) is 28.5. The second-order valence-corrected chi connectivity index (χ2v) is 12.9. The van der Waals surface area contributed by atoms with Crippen molar-refractivity contribution in [1.82, 2.24) is 9.97 Å². The maximum atomic E-state index is 6.61. The maximum absolute atomic E-state index is 6.61. The number of allylic oxidation sites excluding steroid dienone is 2. The van der Waals surface area contributed by atoms with Crippen molar-refractivity contribution in [3.63, 3.8) is 0 Å². The normalized spacial score (nSPS) is 15.1. The topological polar surface area (TPSA) is 42.2 Å². The van der Waals surface area contributed by atoms with Crippen molar-refractivity contribution in [3.05, 3.63) is 181 Å². The fourth-order valence-electron chi connectivity index (χ4n) is 7.70. The maximum Gasteiger partial charge on any atom is 0.180 e. The van der Waals surface area contributed by atoms with E-state index in [1.165, 1.54) is 33.6 Å². The van der Waals surface area contributed by atoms with Crippen LogP contribution in [0.1, 0.15) is 17.5 Å². The number of rotatable bonds is 5. The van der Waals surface area contributed by atoms with Crippen LogP contribution in [0.5, 0.6) is 0 Å². The van der Waals surface area contributed by atoms with Crippen LogP contribution in [0, 0.1) is 0 Å². The number of furan rings is 1. The zero-order valence-electron chi connectivity index (χ0n) is 27.2. The van der Waals surface area contributed by atoms with Crippen LogP contribution in [-0.2, 0) is 0 Å². The van der Waals surface area contributed by atoms with Crippen molar-refractivity contribution >= 4 is 44.6 Å². The van der Waals surface area contributed by atoms with Crippen LogP contribution in [0.15, 0.2) is 174 Å². The number of fused-ring (bicyclic) bond motifs is 6. The number of hydrogen-bond donors (Lipinski definition) is 0. The second-order valence-electron chi connectivity index (χ2n) is 12.9. The molecule has 0 spiro atoms. The lowest BCUT2D eigenvalue weighted by Gasteiger charge is -2.29. The fourth-order valence-corrected chi connectivity index (χ4v) is 7.70. The van der Waals surface area contributed by atoms with Gasteiger partial charge in [-0.1, -0.05) is 133 Å². The Morgan fingerprint density at radius 2 is 1.24 bits per heavy atom. The van der Waals surface area contributed by atoms with Gasteiger partial charge < -0.3 is 9.32 Å². The van der Waals surface area contributed by atoms with Crippen molar-refractivity contribution in [2.24, 2.45) is 0 Å². The Hall–Kier alpha value is -6.52. The van der Waals surface area contributed by atoms with Gasteiger partial charge in [-0.2, -0.15) is 0 Å². The number of benzene rings is 6. The van der Waals surface area contributed by atoms with Gasteiger partial charge >= 0.3 is 0 Å². The highest BCUT2D eigenvalue weighted by Crippen LogP contribution is 2.49. The smallest absolute Gasteiger partial charge is 0.180 e. The highest BCUT2D eigenvalue weighted by molar-refractivity contribution is 6.13. The molecule has 0 fully saturated rings. The Bertz CT molecular complexity index is 2620. The molecule has 4 nitrogen and oxygen atoms in total. The SMILES string of the molecule is C1=C(c2cccc(-c3cccc4oc5c(-c6ccccc6)nc(-c6ccccc6)nc5c34)c2)C=C2c3ccccc3N(c3ccccc3)C2C1. The summed E-state index contributed by atoms with van der Waals surface area (Å²) in [6.07, 6.45) is 5.72. The van der Waals surface area contributed by atoms with E-state index < -0.39 is 0 Å². The third-order valence-electron chi connectivity index (χ3n) is 9.98.